The Hall–Kier alpha value is -0.880. The van der Waals surface area contributed by atoms with Gasteiger partial charge in [-0.2, -0.15) is 0 Å². The first kappa shape index (κ1) is 12.6. The van der Waals surface area contributed by atoms with Crippen molar-refractivity contribution in [2.45, 2.75) is 19.4 Å². The first-order valence-corrected chi connectivity index (χ1v) is 6.54. The summed E-state index contributed by atoms with van der Waals surface area (Å²) in [6.07, 6.45) is 2.62. The van der Waals surface area contributed by atoms with Crippen LogP contribution in [0.5, 0.6) is 0 Å². The Bertz CT molecular complexity index is 401. The van der Waals surface area contributed by atoms with Gasteiger partial charge in [0.05, 0.1) is 12.6 Å². The van der Waals surface area contributed by atoms with Gasteiger partial charge < -0.3 is 15.3 Å². The molecule has 1 aliphatic heterocycles. The van der Waals surface area contributed by atoms with Gasteiger partial charge >= 0.3 is 0 Å². The Morgan fingerprint density at radius 1 is 1.59 bits per heavy atom. The fourth-order valence-corrected chi connectivity index (χ4v) is 2.92. The molecule has 17 heavy (non-hydrogen) atoms. The molecule has 1 aromatic heterocycles. The average Bonchev–Trinajstić information content (AvgIpc) is 2.70. The van der Waals surface area contributed by atoms with Crippen molar-refractivity contribution in [2.24, 2.45) is 5.92 Å². The highest BCUT2D eigenvalue weighted by atomic mass is 79.9. The lowest BCUT2D eigenvalue weighted by molar-refractivity contribution is 0.244. The third-order valence-corrected chi connectivity index (χ3v) is 4.08. The summed E-state index contributed by atoms with van der Waals surface area (Å²) in [7, 11) is 1.83. The van der Waals surface area contributed by atoms with Gasteiger partial charge in [0.25, 0.3) is 0 Å². The molecule has 6 heteroatoms. The SMILES string of the molecule is CNc1ncnc(N2CCC(C)C2CO)c1Br. The summed E-state index contributed by atoms with van der Waals surface area (Å²) in [4.78, 5) is 10.6. The monoisotopic (exact) mass is 300 g/mol. The molecule has 1 aromatic rings. The lowest BCUT2D eigenvalue weighted by Gasteiger charge is -2.27. The number of aromatic nitrogens is 2. The third kappa shape index (κ3) is 2.24. The van der Waals surface area contributed by atoms with Crippen LogP contribution in [0.3, 0.4) is 0 Å². The van der Waals surface area contributed by atoms with Crippen molar-refractivity contribution in [2.75, 3.05) is 30.4 Å². The summed E-state index contributed by atoms with van der Waals surface area (Å²) in [5.41, 5.74) is 0. The van der Waals surface area contributed by atoms with E-state index in [0.717, 1.165) is 29.1 Å². The number of anilines is 2. The lowest BCUT2D eigenvalue weighted by atomic mass is 10.0. The topological polar surface area (TPSA) is 61.3 Å². The summed E-state index contributed by atoms with van der Waals surface area (Å²) >= 11 is 3.52. The smallest absolute Gasteiger partial charge is 0.148 e. The molecule has 1 saturated heterocycles. The van der Waals surface area contributed by atoms with Gasteiger partial charge in [-0.15, -0.1) is 0 Å². The van der Waals surface area contributed by atoms with Crippen molar-refractivity contribution in [1.29, 1.82) is 0 Å². The van der Waals surface area contributed by atoms with Gasteiger partial charge in [-0.25, -0.2) is 9.97 Å². The molecule has 2 heterocycles. The number of nitrogens with zero attached hydrogens (tertiary/aromatic N) is 3. The molecule has 0 bridgehead atoms. The van der Waals surface area contributed by atoms with Crippen molar-refractivity contribution >= 4 is 27.6 Å². The Morgan fingerprint density at radius 3 is 3.00 bits per heavy atom. The minimum atomic E-state index is 0.144. The van der Waals surface area contributed by atoms with E-state index in [4.69, 9.17) is 0 Å². The predicted molar refractivity (Wildman–Crippen MR) is 71.3 cm³/mol. The molecule has 0 amide bonds. The van der Waals surface area contributed by atoms with Crippen LogP contribution >= 0.6 is 15.9 Å². The number of nitrogens with one attached hydrogen (secondary N) is 1. The summed E-state index contributed by atoms with van der Waals surface area (Å²) in [6, 6.07) is 0.144. The number of aliphatic hydroxyl groups is 1. The van der Waals surface area contributed by atoms with Gasteiger partial charge in [-0.3, -0.25) is 0 Å². The molecule has 1 aliphatic rings. The second kappa shape index (κ2) is 5.18. The zero-order valence-electron chi connectivity index (χ0n) is 10.0. The van der Waals surface area contributed by atoms with Crippen molar-refractivity contribution in [3.8, 4) is 0 Å². The molecule has 2 unspecified atom stereocenters. The second-order valence-electron chi connectivity index (χ2n) is 4.32. The van der Waals surface area contributed by atoms with Crippen LogP contribution in [-0.4, -0.2) is 41.3 Å². The normalized spacial score (nSPS) is 24.1. The van der Waals surface area contributed by atoms with Gasteiger partial charge in [-0.1, -0.05) is 6.92 Å². The second-order valence-corrected chi connectivity index (χ2v) is 5.11. The molecule has 1 fully saturated rings. The maximum atomic E-state index is 9.47. The zero-order chi connectivity index (χ0) is 12.4. The highest BCUT2D eigenvalue weighted by molar-refractivity contribution is 9.10. The highest BCUT2D eigenvalue weighted by Crippen LogP contribution is 2.35. The van der Waals surface area contributed by atoms with Crippen molar-refractivity contribution in [3.63, 3.8) is 0 Å². The molecule has 94 valence electrons. The van der Waals surface area contributed by atoms with Crippen molar-refractivity contribution in [3.05, 3.63) is 10.8 Å². The number of rotatable bonds is 3. The average molecular weight is 301 g/mol. The number of halogens is 1. The maximum absolute atomic E-state index is 9.47. The van der Waals surface area contributed by atoms with Crippen LogP contribution in [-0.2, 0) is 0 Å². The standard InChI is InChI=1S/C11H17BrN4O/c1-7-3-4-16(8(7)5-17)11-9(12)10(13-2)14-6-15-11/h6-8,17H,3-5H2,1-2H3,(H,13,14,15). The third-order valence-electron chi connectivity index (χ3n) is 3.35. The number of hydrogen-bond donors (Lipinski definition) is 2. The molecule has 5 nitrogen and oxygen atoms in total. The Morgan fingerprint density at radius 2 is 2.35 bits per heavy atom. The van der Waals surface area contributed by atoms with E-state index in [1.807, 2.05) is 7.05 Å². The molecular formula is C11H17BrN4O. The number of aliphatic hydroxyl groups excluding tert-OH is 1. The van der Waals surface area contributed by atoms with E-state index in [1.165, 1.54) is 0 Å². The van der Waals surface area contributed by atoms with Crippen molar-refractivity contribution < 1.29 is 5.11 Å². The Kier molecular flexibility index (Phi) is 3.83. The first-order chi connectivity index (χ1) is 8.19. The molecule has 2 atom stereocenters. The fourth-order valence-electron chi connectivity index (χ4n) is 2.28. The van der Waals surface area contributed by atoms with Crippen LogP contribution in [0.2, 0.25) is 0 Å². The summed E-state index contributed by atoms with van der Waals surface area (Å²) < 4.78 is 0.857. The molecule has 0 radical (unpaired) electrons. The van der Waals surface area contributed by atoms with Gasteiger partial charge in [0.1, 0.15) is 22.4 Å². The largest absolute Gasteiger partial charge is 0.394 e. The van der Waals surface area contributed by atoms with E-state index in [-0.39, 0.29) is 12.6 Å². The molecule has 2 rings (SSSR count). The van der Waals surface area contributed by atoms with E-state index >= 15 is 0 Å². The van der Waals surface area contributed by atoms with Gasteiger partial charge in [0, 0.05) is 13.6 Å². The summed E-state index contributed by atoms with van der Waals surface area (Å²) in [5.74, 6) is 2.11. The maximum Gasteiger partial charge on any atom is 0.148 e. The first-order valence-electron chi connectivity index (χ1n) is 5.74. The fraction of sp³-hybridized carbons (Fsp3) is 0.636. The molecule has 0 spiro atoms. The van der Waals surface area contributed by atoms with Crippen molar-refractivity contribution in [1.82, 2.24) is 9.97 Å². The molecule has 0 aromatic carbocycles. The number of hydrogen-bond acceptors (Lipinski definition) is 5. The zero-order valence-corrected chi connectivity index (χ0v) is 11.6. The molecule has 0 saturated carbocycles. The van der Waals surface area contributed by atoms with E-state index in [1.54, 1.807) is 6.33 Å². The summed E-state index contributed by atoms with van der Waals surface area (Å²) in [5, 5.41) is 12.5. The highest BCUT2D eigenvalue weighted by Gasteiger charge is 2.32. The van der Waals surface area contributed by atoms with Crippen LogP contribution < -0.4 is 10.2 Å². The van der Waals surface area contributed by atoms with Crippen LogP contribution in [0.1, 0.15) is 13.3 Å². The van der Waals surface area contributed by atoms with Crippen LogP contribution in [0, 0.1) is 5.92 Å². The Labute approximate surface area is 109 Å². The minimum absolute atomic E-state index is 0.144. The molecular weight excluding hydrogens is 284 g/mol. The van der Waals surface area contributed by atoms with E-state index < -0.39 is 0 Å². The minimum Gasteiger partial charge on any atom is -0.394 e. The van der Waals surface area contributed by atoms with Crippen LogP contribution in [0.25, 0.3) is 0 Å². The molecule has 2 N–H and O–H groups in total. The predicted octanol–water partition coefficient (Wildman–Crippen LogP) is 1.49. The van der Waals surface area contributed by atoms with Crippen LogP contribution in [0.4, 0.5) is 11.6 Å². The quantitative estimate of drug-likeness (QED) is 0.885. The summed E-state index contributed by atoms with van der Waals surface area (Å²) in [6.45, 7) is 3.24. The van der Waals surface area contributed by atoms with Gasteiger partial charge in [0.15, 0.2) is 0 Å². The van der Waals surface area contributed by atoms with E-state index in [0.29, 0.717) is 5.92 Å². The van der Waals surface area contributed by atoms with Gasteiger partial charge in [-0.05, 0) is 28.3 Å². The van der Waals surface area contributed by atoms with E-state index in [9.17, 15) is 5.11 Å². The van der Waals surface area contributed by atoms with E-state index in [2.05, 4.69) is 43.0 Å². The van der Waals surface area contributed by atoms with Crippen LogP contribution in [0.15, 0.2) is 10.8 Å². The lowest BCUT2D eigenvalue weighted by Crippen LogP contribution is -2.36. The molecule has 0 aliphatic carbocycles. The van der Waals surface area contributed by atoms with Gasteiger partial charge in [0.2, 0.25) is 0 Å². The Balaban J connectivity index is 2.34.